The fraction of sp³-hybridized carbons (Fsp3) is 0.361. The largest absolute Gasteiger partial charge is 0.162 e. The maximum Gasteiger partial charge on any atom is 0.162 e. The van der Waals surface area contributed by atoms with Crippen LogP contribution in [0.15, 0.2) is 96.6 Å². The SMILES string of the molecule is CCC(C)C1=C[C]([Si](c2cccc(C(C)C)c2)(c2cccc(C(C)C)c2)c2cccc(C(C)C)c2)C=C1. The van der Waals surface area contributed by atoms with E-state index < -0.39 is 8.07 Å². The molecule has 1 heteroatoms. The van der Waals surface area contributed by atoms with E-state index in [0.29, 0.717) is 23.7 Å². The molecule has 0 aromatic heterocycles. The second kappa shape index (κ2) is 11.4. The van der Waals surface area contributed by atoms with Crippen molar-refractivity contribution in [2.75, 3.05) is 0 Å². The van der Waals surface area contributed by atoms with Crippen molar-refractivity contribution in [1.29, 1.82) is 0 Å². The third-order valence-corrected chi connectivity index (χ3v) is 13.1. The lowest BCUT2D eigenvalue weighted by Crippen LogP contribution is -2.70. The van der Waals surface area contributed by atoms with Gasteiger partial charge in [-0.3, -0.25) is 0 Å². The molecule has 1 aliphatic rings. The van der Waals surface area contributed by atoms with Crippen LogP contribution in [0.5, 0.6) is 0 Å². The van der Waals surface area contributed by atoms with E-state index in [4.69, 9.17) is 0 Å². The Balaban J connectivity index is 2.12. The van der Waals surface area contributed by atoms with Crippen LogP contribution in [0.2, 0.25) is 0 Å². The topological polar surface area (TPSA) is 0 Å². The van der Waals surface area contributed by atoms with Gasteiger partial charge in [-0.25, -0.2) is 0 Å². The van der Waals surface area contributed by atoms with Crippen LogP contribution in [0.1, 0.15) is 96.3 Å². The molecule has 193 valence electrons. The fourth-order valence-corrected chi connectivity index (χ4v) is 10.5. The molecule has 4 rings (SSSR count). The molecule has 0 heterocycles. The number of hydrogen-bond donors (Lipinski definition) is 0. The van der Waals surface area contributed by atoms with Crippen LogP contribution in [-0.2, 0) is 0 Å². The van der Waals surface area contributed by atoms with E-state index in [0.717, 1.165) is 6.42 Å². The van der Waals surface area contributed by atoms with E-state index >= 15 is 0 Å². The normalized spacial score (nSPS) is 15.2. The minimum absolute atomic E-state index is 0.492. The van der Waals surface area contributed by atoms with E-state index in [1.165, 1.54) is 43.4 Å². The molecule has 1 radical (unpaired) electrons. The van der Waals surface area contributed by atoms with E-state index in [-0.39, 0.29) is 0 Å². The number of rotatable bonds is 9. The molecule has 3 aromatic carbocycles. The molecule has 0 nitrogen and oxygen atoms in total. The zero-order valence-electron chi connectivity index (χ0n) is 24.2. The van der Waals surface area contributed by atoms with E-state index in [9.17, 15) is 0 Å². The molecule has 0 saturated heterocycles. The predicted molar refractivity (Wildman–Crippen MR) is 166 cm³/mol. The van der Waals surface area contributed by atoms with Crippen molar-refractivity contribution in [1.82, 2.24) is 0 Å². The van der Waals surface area contributed by atoms with Gasteiger partial charge in [0.15, 0.2) is 8.07 Å². The minimum atomic E-state index is -2.57. The van der Waals surface area contributed by atoms with Crippen LogP contribution in [0.25, 0.3) is 0 Å². The summed E-state index contributed by atoms with van der Waals surface area (Å²) in [6.45, 7) is 18.5. The molecule has 37 heavy (non-hydrogen) atoms. The molecular weight excluding hydrogens is 460 g/mol. The molecule has 0 aliphatic heterocycles. The highest BCUT2D eigenvalue weighted by Crippen LogP contribution is 2.33. The molecule has 0 amide bonds. The molecular formula is C36H45Si. The summed E-state index contributed by atoms with van der Waals surface area (Å²) in [5, 5.41) is 4.46. The van der Waals surface area contributed by atoms with Crippen molar-refractivity contribution in [3.63, 3.8) is 0 Å². The summed E-state index contributed by atoms with van der Waals surface area (Å²) >= 11 is 0. The summed E-state index contributed by atoms with van der Waals surface area (Å²) in [7, 11) is -2.57. The average molecular weight is 506 g/mol. The smallest absolute Gasteiger partial charge is 0.0750 e. The molecule has 0 saturated carbocycles. The molecule has 0 fully saturated rings. The Labute approximate surface area is 227 Å². The van der Waals surface area contributed by atoms with Gasteiger partial charge in [0.2, 0.25) is 0 Å². The van der Waals surface area contributed by atoms with Crippen LogP contribution >= 0.6 is 0 Å². The lowest BCUT2D eigenvalue weighted by Gasteiger charge is -2.38. The van der Waals surface area contributed by atoms with Gasteiger partial charge in [0.25, 0.3) is 0 Å². The van der Waals surface area contributed by atoms with Gasteiger partial charge < -0.3 is 0 Å². The molecule has 0 bridgehead atoms. The van der Waals surface area contributed by atoms with E-state index in [1.807, 2.05) is 0 Å². The molecule has 1 unspecified atom stereocenters. The van der Waals surface area contributed by atoms with Gasteiger partial charge in [0, 0.05) is 5.54 Å². The van der Waals surface area contributed by atoms with Crippen molar-refractivity contribution in [2.24, 2.45) is 5.92 Å². The Bertz CT molecular complexity index is 1150. The fourth-order valence-electron chi connectivity index (χ4n) is 5.63. The third kappa shape index (κ3) is 5.34. The summed E-state index contributed by atoms with van der Waals surface area (Å²) in [6.07, 6.45) is 8.56. The number of allylic oxidation sites excluding steroid dienone is 4. The highest BCUT2D eigenvalue weighted by Gasteiger charge is 2.46. The van der Waals surface area contributed by atoms with Gasteiger partial charge in [-0.1, -0.05) is 146 Å². The zero-order chi connectivity index (χ0) is 26.7. The van der Waals surface area contributed by atoms with Crippen LogP contribution < -0.4 is 15.6 Å². The van der Waals surface area contributed by atoms with Gasteiger partial charge in [-0.15, -0.1) is 0 Å². The van der Waals surface area contributed by atoms with Crippen molar-refractivity contribution in [3.05, 3.63) is 119 Å². The number of hydrogen-bond acceptors (Lipinski definition) is 0. The average Bonchev–Trinajstić information content (AvgIpc) is 3.40. The first-order valence-corrected chi connectivity index (χ1v) is 16.3. The minimum Gasteiger partial charge on any atom is -0.0750 e. The van der Waals surface area contributed by atoms with Gasteiger partial charge in [0.05, 0.1) is 0 Å². The predicted octanol–water partition coefficient (Wildman–Crippen LogP) is 8.18. The summed E-state index contributed by atoms with van der Waals surface area (Å²) in [5.41, 5.74) is 7.23. The summed E-state index contributed by atoms with van der Waals surface area (Å²) in [5.74, 6) is 2.04. The summed E-state index contributed by atoms with van der Waals surface area (Å²) < 4.78 is 0. The van der Waals surface area contributed by atoms with Crippen molar-refractivity contribution in [3.8, 4) is 0 Å². The maximum absolute atomic E-state index is 2.57. The summed E-state index contributed by atoms with van der Waals surface area (Å²) in [6, 6.07) is 28.6. The van der Waals surface area contributed by atoms with Gasteiger partial charge in [-0.2, -0.15) is 0 Å². The lowest BCUT2D eigenvalue weighted by molar-refractivity contribution is 0.672. The Kier molecular flexibility index (Phi) is 8.44. The Morgan fingerprint density at radius 3 is 1.32 bits per heavy atom. The molecule has 3 aromatic rings. The number of benzene rings is 3. The molecule has 0 N–H and O–H groups in total. The maximum atomic E-state index is 2.55. The van der Waals surface area contributed by atoms with Gasteiger partial charge >= 0.3 is 0 Å². The Hall–Kier alpha value is -2.64. The molecule has 1 aliphatic carbocycles. The first-order valence-electron chi connectivity index (χ1n) is 14.3. The van der Waals surface area contributed by atoms with Crippen LogP contribution in [0, 0.1) is 11.5 Å². The van der Waals surface area contributed by atoms with Crippen molar-refractivity contribution in [2.45, 2.75) is 79.6 Å². The van der Waals surface area contributed by atoms with Gasteiger partial charge in [0.1, 0.15) is 0 Å². The van der Waals surface area contributed by atoms with Crippen LogP contribution in [0.3, 0.4) is 0 Å². The Morgan fingerprint density at radius 1 is 0.568 bits per heavy atom. The van der Waals surface area contributed by atoms with E-state index in [2.05, 4.69) is 146 Å². The second-order valence-corrected chi connectivity index (χ2v) is 15.6. The van der Waals surface area contributed by atoms with Gasteiger partial charge in [-0.05, 0) is 67.9 Å². The summed E-state index contributed by atoms with van der Waals surface area (Å²) in [4.78, 5) is 0. The van der Waals surface area contributed by atoms with Crippen molar-refractivity contribution < 1.29 is 0 Å². The standard InChI is InChI=1S/C36H45Si/c1-9-28(8)32-19-20-36(24-32)37(33-16-10-13-29(21-33)25(2)3,34-17-11-14-30(22-34)26(4)5)35-18-12-15-31(23-35)27(6)7/h10-28H,9H2,1-8H3. The van der Waals surface area contributed by atoms with Crippen molar-refractivity contribution >= 4 is 23.6 Å². The van der Waals surface area contributed by atoms with E-state index in [1.54, 1.807) is 0 Å². The molecule has 1 atom stereocenters. The first-order chi connectivity index (χ1) is 17.7. The van der Waals surface area contributed by atoms with Crippen LogP contribution in [-0.4, -0.2) is 8.07 Å². The lowest BCUT2D eigenvalue weighted by atomic mass is 10.0. The highest BCUT2D eigenvalue weighted by molar-refractivity contribution is 7.15. The highest BCUT2D eigenvalue weighted by atomic mass is 28.3. The molecule has 0 spiro atoms. The van der Waals surface area contributed by atoms with Crippen LogP contribution in [0.4, 0.5) is 0 Å². The second-order valence-electron chi connectivity index (χ2n) is 11.8. The quantitative estimate of drug-likeness (QED) is 0.203. The Morgan fingerprint density at radius 2 is 0.973 bits per heavy atom. The monoisotopic (exact) mass is 505 g/mol. The first kappa shape index (κ1) is 27.4. The zero-order valence-corrected chi connectivity index (χ0v) is 25.2. The third-order valence-electron chi connectivity index (χ3n) is 8.35.